The SMILES string of the molecule is CC(C)(C(=O)NCc1cccc(CN)c1)c1ccccc1. The molecule has 2 aromatic rings. The summed E-state index contributed by atoms with van der Waals surface area (Å²) in [7, 11) is 0. The Labute approximate surface area is 126 Å². The minimum absolute atomic E-state index is 0.0202. The fraction of sp³-hybridized carbons (Fsp3) is 0.278. The summed E-state index contributed by atoms with van der Waals surface area (Å²) in [5, 5.41) is 3.01. The van der Waals surface area contributed by atoms with Gasteiger partial charge in [0.05, 0.1) is 5.41 Å². The molecule has 0 bridgehead atoms. The number of carbonyl (C=O) groups is 1. The summed E-state index contributed by atoms with van der Waals surface area (Å²) < 4.78 is 0. The standard InChI is InChI=1S/C18H22N2O/c1-18(2,16-9-4-3-5-10-16)17(21)20-13-15-8-6-7-14(11-15)12-19/h3-11H,12-13,19H2,1-2H3,(H,20,21). The molecule has 1 amide bonds. The summed E-state index contributed by atoms with van der Waals surface area (Å²) in [6, 6.07) is 17.8. The van der Waals surface area contributed by atoms with Gasteiger partial charge in [0, 0.05) is 13.1 Å². The van der Waals surface area contributed by atoms with Crippen molar-refractivity contribution in [2.24, 2.45) is 5.73 Å². The van der Waals surface area contributed by atoms with Crippen molar-refractivity contribution in [1.29, 1.82) is 0 Å². The van der Waals surface area contributed by atoms with Gasteiger partial charge in [-0.3, -0.25) is 4.79 Å². The molecule has 2 aromatic carbocycles. The van der Waals surface area contributed by atoms with Crippen LogP contribution < -0.4 is 11.1 Å². The van der Waals surface area contributed by atoms with Crippen molar-refractivity contribution in [3.05, 3.63) is 71.3 Å². The number of benzene rings is 2. The topological polar surface area (TPSA) is 55.1 Å². The highest BCUT2D eigenvalue weighted by Gasteiger charge is 2.29. The van der Waals surface area contributed by atoms with Crippen molar-refractivity contribution in [3.8, 4) is 0 Å². The lowest BCUT2D eigenvalue weighted by Crippen LogP contribution is -2.39. The van der Waals surface area contributed by atoms with Crippen LogP contribution in [0.3, 0.4) is 0 Å². The Morgan fingerprint density at radius 2 is 1.71 bits per heavy atom. The van der Waals surface area contributed by atoms with Crippen molar-refractivity contribution < 1.29 is 4.79 Å². The van der Waals surface area contributed by atoms with E-state index in [1.807, 2.05) is 68.4 Å². The maximum Gasteiger partial charge on any atom is 0.230 e. The number of hydrogen-bond acceptors (Lipinski definition) is 2. The van der Waals surface area contributed by atoms with Crippen LogP contribution >= 0.6 is 0 Å². The normalized spacial score (nSPS) is 11.2. The largest absolute Gasteiger partial charge is 0.351 e. The van der Waals surface area contributed by atoms with E-state index < -0.39 is 5.41 Å². The zero-order chi connectivity index (χ0) is 15.3. The van der Waals surface area contributed by atoms with Crippen molar-refractivity contribution in [2.45, 2.75) is 32.4 Å². The average Bonchev–Trinajstić information content (AvgIpc) is 2.53. The van der Waals surface area contributed by atoms with Crippen molar-refractivity contribution in [3.63, 3.8) is 0 Å². The molecule has 0 aliphatic heterocycles. The summed E-state index contributed by atoms with van der Waals surface area (Å²) in [4.78, 5) is 12.5. The van der Waals surface area contributed by atoms with Gasteiger partial charge in [-0.2, -0.15) is 0 Å². The van der Waals surface area contributed by atoms with Gasteiger partial charge in [-0.25, -0.2) is 0 Å². The summed E-state index contributed by atoms with van der Waals surface area (Å²) >= 11 is 0. The lowest BCUT2D eigenvalue weighted by molar-refractivity contribution is -0.125. The Kier molecular flexibility index (Phi) is 4.76. The van der Waals surface area contributed by atoms with Gasteiger partial charge in [-0.05, 0) is 30.5 Å². The van der Waals surface area contributed by atoms with E-state index in [0.29, 0.717) is 13.1 Å². The van der Waals surface area contributed by atoms with Crippen LogP contribution in [0.15, 0.2) is 54.6 Å². The Morgan fingerprint density at radius 3 is 2.38 bits per heavy atom. The number of hydrogen-bond donors (Lipinski definition) is 2. The smallest absolute Gasteiger partial charge is 0.230 e. The molecule has 0 saturated heterocycles. The Balaban J connectivity index is 2.04. The van der Waals surface area contributed by atoms with Crippen LogP contribution in [0, 0.1) is 0 Å². The van der Waals surface area contributed by atoms with Gasteiger partial charge in [-0.15, -0.1) is 0 Å². The van der Waals surface area contributed by atoms with E-state index in [0.717, 1.165) is 16.7 Å². The van der Waals surface area contributed by atoms with Crippen LogP contribution in [-0.2, 0) is 23.3 Å². The molecule has 0 radical (unpaired) electrons. The fourth-order valence-corrected chi connectivity index (χ4v) is 2.26. The third-order valence-corrected chi connectivity index (χ3v) is 3.74. The molecular weight excluding hydrogens is 260 g/mol. The number of nitrogens with two attached hydrogens (primary N) is 1. The second-order valence-electron chi connectivity index (χ2n) is 5.70. The van der Waals surface area contributed by atoms with E-state index in [2.05, 4.69) is 5.32 Å². The first-order valence-corrected chi connectivity index (χ1v) is 7.16. The van der Waals surface area contributed by atoms with Crippen LogP contribution in [0.5, 0.6) is 0 Å². The highest BCUT2D eigenvalue weighted by Crippen LogP contribution is 2.23. The van der Waals surface area contributed by atoms with Crippen LogP contribution in [0.1, 0.15) is 30.5 Å². The minimum atomic E-state index is -0.549. The summed E-state index contributed by atoms with van der Waals surface area (Å²) in [5.74, 6) is 0.0202. The van der Waals surface area contributed by atoms with Crippen LogP contribution in [0.4, 0.5) is 0 Å². The number of rotatable bonds is 5. The van der Waals surface area contributed by atoms with Gasteiger partial charge in [0.2, 0.25) is 5.91 Å². The average molecular weight is 282 g/mol. The fourth-order valence-electron chi connectivity index (χ4n) is 2.26. The van der Waals surface area contributed by atoms with Gasteiger partial charge >= 0.3 is 0 Å². The summed E-state index contributed by atoms with van der Waals surface area (Å²) in [5.41, 5.74) is 8.23. The summed E-state index contributed by atoms with van der Waals surface area (Å²) in [6.07, 6.45) is 0. The molecule has 0 aromatic heterocycles. The van der Waals surface area contributed by atoms with Crippen LogP contribution in [0.25, 0.3) is 0 Å². The Morgan fingerprint density at radius 1 is 1.05 bits per heavy atom. The molecule has 0 spiro atoms. The molecule has 0 aliphatic carbocycles. The van der Waals surface area contributed by atoms with E-state index in [1.54, 1.807) is 0 Å². The molecule has 0 atom stereocenters. The molecule has 21 heavy (non-hydrogen) atoms. The van der Waals surface area contributed by atoms with E-state index in [9.17, 15) is 4.79 Å². The van der Waals surface area contributed by atoms with Gasteiger partial charge < -0.3 is 11.1 Å². The maximum absolute atomic E-state index is 12.5. The molecular formula is C18H22N2O. The molecule has 0 heterocycles. The Bertz CT molecular complexity index is 606. The first-order valence-electron chi connectivity index (χ1n) is 7.16. The van der Waals surface area contributed by atoms with Crippen molar-refractivity contribution in [2.75, 3.05) is 0 Å². The Hall–Kier alpha value is -2.13. The zero-order valence-electron chi connectivity index (χ0n) is 12.6. The highest BCUT2D eigenvalue weighted by molar-refractivity contribution is 5.87. The quantitative estimate of drug-likeness (QED) is 0.886. The molecule has 0 saturated carbocycles. The van der Waals surface area contributed by atoms with Gasteiger partial charge in [0.15, 0.2) is 0 Å². The lowest BCUT2D eigenvalue weighted by Gasteiger charge is -2.24. The predicted octanol–water partition coefficient (Wildman–Crippen LogP) is 2.74. The van der Waals surface area contributed by atoms with E-state index in [4.69, 9.17) is 5.73 Å². The van der Waals surface area contributed by atoms with Crippen molar-refractivity contribution >= 4 is 5.91 Å². The van der Waals surface area contributed by atoms with Gasteiger partial charge in [-0.1, -0.05) is 54.6 Å². The maximum atomic E-state index is 12.5. The molecule has 3 nitrogen and oxygen atoms in total. The molecule has 3 heteroatoms. The molecule has 0 fully saturated rings. The molecule has 3 N–H and O–H groups in total. The first-order chi connectivity index (χ1) is 10.0. The second-order valence-corrected chi connectivity index (χ2v) is 5.70. The molecule has 110 valence electrons. The second kappa shape index (κ2) is 6.55. The number of nitrogens with one attached hydrogen (secondary N) is 1. The monoisotopic (exact) mass is 282 g/mol. The van der Waals surface area contributed by atoms with E-state index in [-0.39, 0.29) is 5.91 Å². The molecule has 0 aliphatic rings. The highest BCUT2D eigenvalue weighted by atomic mass is 16.2. The molecule has 0 unspecified atom stereocenters. The van der Waals surface area contributed by atoms with Crippen LogP contribution in [0.2, 0.25) is 0 Å². The van der Waals surface area contributed by atoms with Crippen LogP contribution in [-0.4, -0.2) is 5.91 Å². The van der Waals surface area contributed by atoms with E-state index >= 15 is 0 Å². The predicted molar refractivity (Wildman–Crippen MR) is 85.6 cm³/mol. The van der Waals surface area contributed by atoms with E-state index in [1.165, 1.54) is 0 Å². The zero-order valence-corrected chi connectivity index (χ0v) is 12.6. The van der Waals surface area contributed by atoms with Gasteiger partial charge in [0.1, 0.15) is 0 Å². The van der Waals surface area contributed by atoms with Crippen molar-refractivity contribution in [1.82, 2.24) is 5.32 Å². The third kappa shape index (κ3) is 3.70. The summed E-state index contributed by atoms with van der Waals surface area (Å²) in [6.45, 7) is 4.90. The number of carbonyl (C=O) groups excluding carboxylic acids is 1. The minimum Gasteiger partial charge on any atom is -0.351 e. The van der Waals surface area contributed by atoms with Gasteiger partial charge in [0.25, 0.3) is 0 Å². The molecule has 2 rings (SSSR count). The first kappa shape index (κ1) is 15.3. The lowest BCUT2D eigenvalue weighted by atomic mass is 9.84. The number of amides is 1. The third-order valence-electron chi connectivity index (χ3n) is 3.74.